The molecule has 1 saturated heterocycles. The molecular formula is C13H21N3OS. The molecule has 0 aliphatic carbocycles. The third-order valence-corrected chi connectivity index (χ3v) is 4.56. The molecule has 2 unspecified atom stereocenters. The van der Waals surface area contributed by atoms with Crippen molar-refractivity contribution in [1.29, 1.82) is 0 Å². The fraction of sp³-hybridized carbons (Fsp3) is 0.692. The first-order valence-electron chi connectivity index (χ1n) is 6.65. The summed E-state index contributed by atoms with van der Waals surface area (Å²) < 4.78 is 0. The smallest absolute Gasteiger partial charge is 0.237 e. The van der Waals surface area contributed by atoms with Crippen LogP contribution in [0.2, 0.25) is 0 Å². The number of carbonyl (C=O) groups excluding carboxylic acids is 1. The molecule has 0 saturated carbocycles. The molecule has 5 heteroatoms. The van der Waals surface area contributed by atoms with Crippen LogP contribution in [0.15, 0.2) is 6.20 Å². The van der Waals surface area contributed by atoms with E-state index in [0.717, 1.165) is 30.8 Å². The summed E-state index contributed by atoms with van der Waals surface area (Å²) in [5.74, 6) is 0.525. The number of aryl methyl sites for hydroxylation is 1. The van der Waals surface area contributed by atoms with Crippen molar-refractivity contribution in [2.75, 3.05) is 6.54 Å². The highest BCUT2D eigenvalue weighted by molar-refractivity contribution is 7.11. The Morgan fingerprint density at radius 2 is 2.50 bits per heavy atom. The Balaban J connectivity index is 1.83. The van der Waals surface area contributed by atoms with Crippen LogP contribution in [0.1, 0.15) is 36.6 Å². The van der Waals surface area contributed by atoms with Crippen LogP contribution >= 0.6 is 11.3 Å². The van der Waals surface area contributed by atoms with Gasteiger partial charge in [-0.2, -0.15) is 0 Å². The van der Waals surface area contributed by atoms with Gasteiger partial charge in [0.15, 0.2) is 0 Å². The molecule has 1 aromatic heterocycles. The van der Waals surface area contributed by atoms with Gasteiger partial charge >= 0.3 is 0 Å². The SMILES string of the molecule is CCc1cnc(CNC(=O)C2NCCCC2C)s1. The van der Waals surface area contributed by atoms with Gasteiger partial charge in [-0.15, -0.1) is 11.3 Å². The normalized spacial score (nSPS) is 23.9. The van der Waals surface area contributed by atoms with Crippen molar-refractivity contribution in [3.8, 4) is 0 Å². The van der Waals surface area contributed by atoms with E-state index in [1.165, 1.54) is 4.88 Å². The number of aromatic nitrogens is 1. The molecule has 2 rings (SSSR count). The lowest BCUT2D eigenvalue weighted by Crippen LogP contribution is -2.50. The van der Waals surface area contributed by atoms with Crippen molar-refractivity contribution >= 4 is 17.2 Å². The largest absolute Gasteiger partial charge is 0.348 e. The highest BCUT2D eigenvalue weighted by Crippen LogP contribution is 2.16. The van der Waals surface area contributed by atoms with E-state index in [1.807, 2.05) is 6.20 Å². The molecule has 0 spiro atoms. The minimum Gasteiger partial charge on any atom is -0.348 e. The number of hydrogen-bond acceptors (Lipinski definition) is 4. The predicted molar refractivity (Wildman–Crippen MR) is 73.5 cm³/mol. The van der Waals surface area contributed by atoms with Crippen LogP contribution in [0.3, 0.4) is 0 Å². The first-order chi connectivity index (χ1) is 8.70. The number of nitrogens with zero attached hydrogens (tertiary/aromatic N) is 1. The minimum absolute atomic E-state index is 0.0376. The fourth-order valence-corrected chi connectivity index (χ4v) is 3.07. The molecule has 1 aliphatic rings. The van der Waals surface area contributed by atoms with Gasteiger partial charge in [0.1, 0.15) is 5.01 Å². The number of rotatable bonds is 4. The Hall–Kier alpha value is -0.940. The van der Waals surface area contributed by atoms with Crippen molar-refractivity contribution in [1.82, 2.24) is 15.6 Å². The summed E-state index contributed by atoms with van der Waals surface area (Å²) in [5, 5.41) is 7.26. The molecule has 2 heterocycles. The van der Waals surface area contributed by atoms with Gasteiger partial charge in [0.2, 0.25) is 5.91 Å². The number of thiazole rings is 1. The Kier molecular flexibility index (Phi) is 4.72. The zero-order valence-corrected chi connectivity index (χ0v) is 11.8. The molecule has 2 N–H and O–H groups in total. The van der Waals surface area contributed by atoms with Crippen LogP contribution < -0.4 is 10.6 Å². The molecule has 2 atom stereocenters. The van der Waals surface area contributed by atoms with E-state index in [0.29, 0.717) is 12.5 Å². The lowest BCUT2D eigenvalue weighted by molar-refractivity contribution is -0.125. The molecular weight excluding hydrogens is 246 g/mol. The summed E-state index contributed by atoms with van der Waals surface area (Å²) in [6, 6.07) is -0.0376. The zero-order chi connectivity index (χ0) is 13.0. The fourth-order valence-electron chi connectivity index (χ4n) is 2.27. The van der Waals surface area contributed by atoms with E-state index in [4.69, 9.17) is 0 Å². The lowest BCUT2D eigenvalue weighted by Gasteiger charge is -2.28. The van der Waals surface area contributed by atoms with Gasteiger partial charge in [-0.25, -0.2) is 4.98 Å². The summed E-state index contributed by atoms with van der Waals surface area (Å²) in [6.45, 7) is 5.74. The second kappa shape index (κ2) is 6.29. The third kappa shape index (κ3) is 3.29. The minimum atomic E-state index is -0.0376. The molecule has 100 valence electrons. The molecule has 1 aromatic rings. The Labute approximate surface area is 112 Å². The van der Waals surface area contributed by atoms with Crippen LogP contribution in [0.25, 0.3) is 0 Å². The molecule has 1 aliphatic heterocycles. The van der Waals surface area contributed by atoms with Gasteiger partial charge in [0.05, 0.1) is 12.6 Å². The van der Waals surface area contributed by atoms with E-state index < -0.39 is 0 Å². The number of amides is 1. The van der Waals surface area contributed by atoms with E-state index in [2.05, 4.69) is 29.5 Å². The van der Waals surface area contributed by atoms with Crippen molar-refractivity contribution in [2.45, 2.75) is 45.7 Å². The Bertz CT molecular complexity index is 405. The third-order valence-electron chi connectivity index (χ3n) is 3.42. The highest BCUT2D eigenvalue weighted by Gasteiger charge is 2.27. The topological polar surface area (TPSA) is 54.0 Å². The second-order valence-electron chi connectivity index (χ2n) is 4.84. The van der Waals surface area contributed by atoms with Crippen LogP contribution in [0, 0.1) is 5.92 Å². The van der Waals surface area contributed by atoms with Crippen molar-refractivity contribution in [3.05, 3.63) is 16.1 Å². The van der Waals surface area contributed by atoms with Gasteiger partial charge < -0.3 is 10.6 Å². The highest BCUT2D eigenvalue weighted by atomic mass is 32.1. The average molecular weight is 267 g/mol. The van der Waals surface area contributed by atoms with Crippen LogP contribution in [-0.4, -0.2) is 23.5 Å². The Morgan fingerprint density at radius 1 is 1.67 bits per heavy atom. The molecule has 0 radical (unpaired) electrons. The summed E-state index contributed by atoms with van der Waals surface area (Å²) in [4.78, 5) is 17.6. The van der Waals surface area contributed by atoms with E-state index >= 15 is 0 Å². The monoisotopic (exact) mass is 267 g/mol. The summed E-state index contributed by atoms with van der Waals surface area (Å²) in [6.07, 6.45) is 5.19. The van der Waals surface area contributed by atoms with E-state index in [-0.39, 0.29) is 11.9 Å². The first kappa shape index (κ1) is 13.5. The number of nitrogens with one attached hydrogen (secondary N) is 2. The van der Waals surface area contributed by atoms with Gasteiger partial charge in [-0.05, 0) is 31.7 Å². The van der Waals surface area contributed by atoms with Gasteiger partial charge in [0, 0.05) is 11.1 Å². The Morgan fingerprint density at radius 3 is 3.17 bits per heavy atom. The quantitative estimate of drug-likeness (QED) is 0.873. The van der Waals surface area contributed by atoms with Crippen molar-refractivity contribution < 1.29 is 4.79 Å². The van der Waals surface area contributed by atoms with E-state index in [9.17, 15) is 4.79 Å². The zero-order valence-electron chi connectivity index (χ0n) is 11.0. The maximum absolute atomic E-state index is 12.1. The maximum Gasteiger partial charge on any atom is 0.237 e. The van der Waals surface area contributed by atoms with Crippen LogP contribution in [0.5, 0.6) is 0 Å². The summed E-state index contributed by atoms with van der Waals surface area (Å²) in [5.41, 5.74) is 0. The summed E-state index contributed by atoms with van der Waals surface area (Å²) >= 11 is 1.68. The van der Waals surface area contributed by atoms with Crippen LogP contribution in [-0.2, 0) is 17.8 Å². The van der Waals surface area contributed by atoms with Gasteiger partial charge in [0.25, 0.3) is 0 Å². The summed E-state index contributed by atoms with van der Waals surface area (Å²) in [7, 11) is 0. The molecule has 18 heavy (non-hydrogen) atoms. The second-order valence-corrected chi connectivity index (χ2v) is 6.04. The van der Waals surface area contributed by atoms with Crippen molar-refractivity contribution in [3.63, 3.8) is 0 Å². The predicted octanol–water partition coefficient (Wildman–Crippen LogP) is 1.71. The average Bonchev–Trinajstić information content (AvgIpc) is 2.84. The standard InChI is InChI=1S/C13H21N3OS/c1-3-10-7-15-11(18-10)8-16-13(17)12-9(2)5-4-6-14-12/h7,9,12,14H,3-6,8H2,1-2H3,(H,16,17). The lowest BCUT2D eigenvalue weighted by atomic mass is 9.92. The molecule has 0 bridgehead atoms. The van der Waals surface area contributed by atoms with Crippen molar-refractivity contribution in [2.24, 2.45) is 5.92 Å². The molecule has 0 aromatic carbocycles. The molecule has 1 amide bonds. The van der Waals surface area contributed by atoms with Gasteiger partial charge in [-0.3, -0.25) is 4.79 Å². The first-order valence-corrected chi connectivity index (χ1v) is 7.47. The molecule has 1 fully saturated rings. The van der Waals surface area contributed by atoms with Gasteiger partial charge in [-0.1, -0.05) is 13.8 Å². The number of hydrogen-bond donors (Lipinski definition) is 2. The van der Waals surface area contributed by atoms with E-state index in [1.54, 1.807) is 11.3 Å². The number of carbonyl (C=O) groups is 1. The van der Waals surface area contributed by atoms with Crippen LogP contribution in [0.4, 0.5) is 0 Å². The number of piperidine rings is 1. The maximum atomic E-state index is 12.1. The molecule has 4 nitrogen and oxygen atoms in total.